The molecule has 2 aromatic heterocycles. The fourth-order valence-corrected chi connectivity index (χ4v) is 1.56. The number of nitrogens with zero attached hydrogens (tertiary/aromatic N) is 3. The van der Waals surface area contributed by atoms with Crippen molar-refractivity contribution >= 4 is 17.1 Å². The molecule has 0 fully saturated rings. The van der Waals surface area contributed by atoms with Crippen molar-refractivity contribution in [1.82, 2.24) is 19.1 Å². The van der Waals surface area contributed by atoms with E-state index in [9.17, 15) is 19.5 Å². The summed E-state index contributed by atoms with van der Waals surface area (Å²) >= 11 is 0. The van der Waals surface area contributed by atoms with Crippen molar-refractivity contribution in [2.75, 3.05) is 0 Å². The van der Waals surface area contributed by atoms with E-state index >= 15 is 0 Å². The highest BCUT2D eigenvalue weighted by atomic mass is 16.4. The van der Waals surface area contributed by atoms with Crippen LogP contribution in [0.2, 0.25) is 0 Å². The Morgan fingerprint density at radius 1 is 1.53 bits per heavy atom. The number of imidazole rings is 1. The van der Waals surface area contributed by atoms with Crippen LogP contribution in [0.4, 0.5) is 0 Å². The van der Waals surface area contributed by atoms with Crippen molar-refractivity contribution in [3.8, 4) is 0 Å². The number of carbonyl (C=O) groups is 1. The normalized spacial score (nSPS) is 12.8. The zero-order chi connectivity index (χ0) is 12.7. The lowest BCUT2D eigenvalue weighted by Gasteiger charge is -2.14. The lowest BCUT2D eigenvalue weighted by Crippen LogP contribution is -2.34. The number of H-pyrrole nitrogens is 1. The number of hydrogen-bond donors (Lipinski definition) is 1. The van der Waals surface area contributed by atoms with Crippen molar-refractivity contribution in [2.45, 2.75) is 13.0 Å². The molecule has 2 aromatic rings. The molecule has 2 heterocycles. The Balaban J connectivity index is 2.87. The predicted octanol–water partition coefficient (Wildman–Crippen LogP) is -2.27. The van der Waals surface area contributed by atoms with Gasteiger partial charge < -0.3 is 14.5 Å². The van der Waals surface area contributed by atoms with E-state index in [1.165, 1.54) is 20.3 Å². The van der Waals surface area contributed by atoms with Crippen LogP contribution in [-0.2, 0) is 11.8 Å². The van der Waals surface area contributed by atoms with Crippen LogP contribution < -0.4 is 16.4 Å². The molecule has 2 rings (SSSR count). The molecule has 1 N–H and O–H groups in total. The van der Waals surface area contributed by atoms with Crippen LogP contribution >= 0.6 is 0 Å². The first-order valence-corrected chi connectivity index (χ1v) is 4.80. The van der Waals surface area contributed by atoms with E-state index in [0.29, 0.717) is 0 Å². The number of aryl methyl sites for hydroxylation is 1. The minimum Gasteiger partial charge on any atom is -0.548 e. The van der Waals surface area contributed by atoms with E-state index in [2.05, 4.69) is 9.97 Å². The van der Waals surface area contributed by atoms with E-state index < -0.39 is 23.3 Å². The molecule has 0 aliphatic rings. The lowest BCUT2D eigenvalue weighted by atomic mass is 10.3. The first-order valence-electron chi connectivity index (χ1n) is 4.80. The third-order valence-electron chi connectivity index (χ3n) is 2.59. The highest BCUT2D eigenvalue weighted by molar-refractivity contribution is 5.75. The maximum Gasteiger partial charge on any atom is 0.329 e. The summed E-state index contributed by atoms with van der Waals surface area (Å²) in [7, 11) is 1.43. The Labute approximate surface area is 94.1 Å². The van der Waals surface area contributed by atoms with Crippen molar-refractivity contribution in [1.29, 1.82) is 0 Å². The Bertz CT molecular complexity index is 708. The second kappa shape index (κ2) is 3.58. The topological polar surface area (TPSA) is 113 Å². The molecule has 0 bridgehead atoms. The van der Waals surface area contributed by atoms with Gasteiger partial charge in [0.2, 0.25) is 0 Å². The van der Waals surface area contributed by atoms with Gasteiger partial charge in [0.1, 0.15) is 0 Å². The van der Waals surface area contributed by atoms with Crippen LogP contribution in [0.3, 0.4) is 0 Å². The summed E-state index contributed by atoms with van der Waals surface area (Å²) in [5, 5.41) is 10.8. The molecule has 0 unspecified atom stereocenters. The standard InChI is InChI=1S/C9H10N4O4/c1-4(8(15)16)13-3-10-6-5(13)7(14)11-9(17)12(6)2/h3-4H,1-2H3,(H,15,16)(H,11,14,17)/p-1/t4-/m0/s1. The second-order valence-corrected chi connectivity index (χ2v) is 3.64. The number of hydrogen-bond acceptors (Lipinski definition) is 5. The van der Waals surface area contributed by atoms with Crippen LogP contribution in [0.25, 0.3) is 11.2 Å². The van der Waals surface area contributed by atoms with Gasteiger partial charge in [-0.1, -0.05) is 0 Å². The summed E-state index contributed by atoms with van der Waals surface area (Å²) in [6.45, 7) is 1.36. The summed E-state index contributed by atoms with van der Waals surface area (Å²) in [4.78, 5) is 39.6. The van der Waals surface area contributed by atoms with Crippen molar-refractivity contribution < 1.29 is 9.90 Å². The molecule has 0 aromatic carbocycles. The molecular formula is C9H9N4O4-. The number of aromatic nitrogens is 4. The molecule has 0 spiro atoms. The zero-order valence-electron chi connectivity index (χ0n) is 9.13. The van der Waals surface area contributed by atoms with Gasteiger partial charge in [-0.25, -0.2) is 9.78 Å². The van der Waals surface area contributed by atoms with Crippen molar-refractivity contribution in [3.05, 3.63) is 27.2 Å². The predicted molar refractivity (Wildman–Crippen MR) is 55.3 cm³/mol. The largest absolute Gasteiger partial charge is 0.548 e. The zero-order valence-corrected chi connectivity index (χ0v) is 9.13. The minimum atomic E-state index is -1.34. The van der Waals surface area contributed by atoms with E-state index in [1.54, 1.807) is 0 Å². The van der Waals surface area contributed by atoms with E-state index in [0.717, 1.165) is 9.13 Å². The van der Waals surface area contributed by atoms with Crippen molar-refractivity contribution in [3.63, 3.8) is 0 Å². The number of fused-ring (bicyclic) bond motifs is 1. The van der Waals surface area contributed by atoms with Gasteiger partial charge in [0.15, 0.2) is 11.2 Å². The quantitative estimate of drug-likeness (QED) is 0.633. The first kappa shape index (κ1) is 11.1. The molecule has 17 heavy (non-hydrogen) atoms. The molecular weight excluding hydrogens is 228 g/mol. The van der Waals surface area contributed by atoms with Crippen LogP contribution in [0.1, 0.15) is 13.0 Å². The van der Waals surface area contributed by atoms with Crippen LogP contribution in [0, 0.1) is 0 Å². The Hall–Kier alpha value is -2.38. The third-order valence-corrected chi connectivity index (χ3v) is 2.59. The molecule has 8 heteroatoms. The van der Waals surface area contributed by atoms with Crippen LogP contribution in [0.15, 0.2) is 15.9 Å². The van der Waals surface area contributed by atoms with Gasteiger partial charge in [0, 0.05) is 7.05 Å². The lowest BCUT2D eigenvalue weighted by molar-refractivity contribution is -0.309. The highest BCUT2D eigenvalue weighted by Gasteiger charge is 2.15. The molecule has 0 saturated heterocycles. The summed E-state index contributed by atoms with van der Waals surface area (Å²) in [6, 6.07) is -1.04. The summed E-state index contributed by atoms with van der Waals surface area (Å²) < 4.78 is 2.29. The van der Waals surface area contributed by atoms with Gasteiger partial charge in [-0.15, -0.1) is 0 Å². The summed E-state index contributed by atoms with van der Waals surface area (Å²) in [5.41, 5.74) is -1.11. The number of nitrogens with one attached hydrogen (secondary N) is 1. The van der Waals surface area contributed by atoms with Crippen molar-refractivity contribution in [2.24, 2.45) is 7.05 Å². The van der Waals surface area contributed by atoms with E-state index in [-0.39, 0.29) is 11.2 Å². The highest BCUT2D eigenvalue weighted by Crippen LogP contribution is 2.11. The second-order valence-electron chi connectivity index (χ2n) is 3.64. The van der Waals surface area contributed by atoms with Gasteiger partial charge in [-0.3, -0.25) is 14.3 Å². The van der Waals surface area contributed by atoms with E-state index in [4.69, 9.17) is 0 Å². The maximum absolute atomic E-state index is 11.6. The van der Waals surface area contributed by atoms with Gasteiger partial charge in [0.25, 0.3) is 5.56 Å². The molecule has 0 saturated carbocycles. The Morgan fingerprint density at radius 2 is 2.18 bits per heavy atom. The number of carboxylic acid groups (broad SMARTS) is 1. The Kier molecular flexibility index (Phi) is 2.34. The smallest absolute Gasteiger partial charge is 0.329 e. The monoisotopic (exact) mass is 237 g/mol. The number of carbonyl (C=O) groups excluding carboxylic acids is 1. The molecule has 0 aliphatic carbocycles. The molecule has 0 radical (unpaired) electrons. The maximum atomic E-state index is 11.6. The first-order chi connectivity index (χ1) is 7.93. The van der Waals surface area contributed by atoms with Crippen LogP contribution in [0.5, 0.6) is 0 Å². The van der Waals surface area contributed by atoms with Crippen LogP contribution in [-0.4, -0.2) is 25.1 Å². The molecule has 8 nitrogen and oxygen atoms in total. The number of rotatable bonds is 2. The number of carboxylic acids is 1. The number of aromatic amines is 1. The average Bonchev–Trinajstić information content (AvgIpc) is 2.69. The molecule has 1 atom stereocenters. The van der Waals surface area contributed by atoms with Gasteiger partial charge in [0.05, 0.1) is 18.3 Å². The fraction of sp³-hybridized carbons (Fsp3) is 0.333. The van der Waals surface area contributed by atoms with Gasteiger partial charge in [-0.05, 0) is 6.92 Å². The third kappa shape index (κ3) is 1.53. The summed E-state index contributed by atoms with van der Waals surface area (Å²) in [5.74, 6) is -1.34. The molecule has 0 amide bonds. The Morgan fingerprint density at radius 3 is 2.76 bits per heavy atom. The molecule has 0 aliphatic heterocycles. The van der Waals surface area contributed by atoms with E-state index in [1.807, 2.05) is 0 Å². The SMILES string of the molecule is C[C@@H](C(=O)[O-])n1cnc2c1c(=O)[nH]c(=O)n2C. The molecule has 90 valence electrons. The van der Waals surface area contributed by atoms with Gasteiger partial charge >= 0.3 is 5.69 Å². The minimum absolute atomic E-state index is 0.0313. The summed E-state index contributed by atoms with van der Waals surface area (Å²) in [6.07, 6.45) is 1.19. The van der Waals surface area contributed by atoms with Gasteiger partial charge in [-0.2, -0.15) is 0 Å². The fourth-order valence-electron chi connectivity index (χ4n) is 1.56. The average molecular weight is 237 g/mol. The number of aliphatic carboxylic acids is 1.